The van der Waals surface area contributed by atoms with Crippen molar-refractivity contribution in [3.05, 3.63) is 18.2 Å². The summed E-state index contributed by atoms with van der Waals surface area (Å²) >= 11 is 0. The van der Waals surface area contributed by atoms with Crippen molar-refractivity contribution in [3.8, 4) is 0 Å². The fraction of sp³-hybridized carbons (Fsp3) is 0.778. The summed E-state index contributed by atoms with van der Waals surface area (Å²) in [4.78, 5) is 20.9. The molecule has 0 saturated carbocycles. The lowest BCUT2D eigenvalue weighted by atomic mass is 9.78. The number of aromatic nitrogens is 2. The number of hydrogen-bond acceptors (Lipinski definition) is 4. The first-order valence-corrected chi connectivity index (χ1v) is 9.03. The molecule has 0 bridgehead atoms. The Morgan fingerprint density at radius 1 is 1.42 bits per heavy atom. The van der Waals surface area contributed by atoms with Crippen LogP contribution >= 0.6 is 0 Å². The third-order valence-electron chi connectivity index (χ3n) is 5.47. The fourth-order valence-electron chi connectivity index (χ4n) is 3.97. The highest BCUT2D eigenvalue weighted by molar-refractivity contribution is 5.92. The number of hydrogen-bond donors (Lipinski definition) is 0. The molecular formula is C18H30N4O2. The van der Waals surface area contributed by atoms with E-state index < -0.39 is 0 Å². The van der Waals surface area contributed by atoms with Gasteiger partial charge in [-0.2, -0.15) is 0 Å². The van der Waals surface area contributed by atoms with Crippen LogP contribution in [0.2, 0.25) is 0 Å². The van der Waals surface area contributed by atoms with Gasteiger partial charge in [-0.3, -0.25) is 4.79 Å². The van der Waals surface area contributed by atoms with E-state index in [0.29, 0.717) is 5.69 Å². The Hall–Kier alpha value is -1.40. The Bertz CT molecular complexity index is 561. The molecule has 3 rings (SSSR count). The number of rotatable bonds is 4. The van der Waals surface area contributed by atoms with Gasteiger partial charge in [-0.05, 0) is 58.7 Å². The fourth-order valence-corrected chi connectivity index (χ4v) is 3.97. The number of likely N-dealkylation sites (tertiary alicyclic amines) is 1. The zero-order chi connectivity index (χ0) is 17.2. The number of ether oxygens (including phenoxy) is 1. The summed E-state index contributed by atoms with van der Waals surface area (Å²) in [5, 5.41) is 0. The van der Waals surface area contributed by atoms with Crippen LogP contribution in [-0.2, 0) is 11.8 Å². The second-order valence-corrected chi connectivity index (χ2v) is 7.70. The van der Waals surface area contributed by atoms with Crippen molar-refractivity contribution < 1.29 is 9.53 Å². The molecule has 3 heterocycles. The molecule has 2 fully saturated rings. The SMILES string of the molecule is CN(C)CCC1CCOC2(CCN(C(=O)c3cn(C)cn3)CC2)C1. The summed E-state index contributed by atoms with van der Waals surface area (Å²) in [6.07, 6.45) is 8.93. The van der Waals surface area contributed by atoms with Crippen LogP contribution in [0.4, 0.5) is 0 Å². The molecule has 6 nitrogen and oxygen atoms in total. The third-order valence-corrected chi connectivity index (χ3v) is 5.47. The molecule has 0 N–H and O–H groups in total. The molecule has 6 heteroatoms. The van der Waals surface area contributed by atoms with Crippen LogP contribution in [0, 0.1) is 5.92 Å². The first-order valence-electron chi connectivity index (χ1n) is 9.03. The molecule has 1 aromatic heterocycles. The van der Waals surface area contributed by atoms with Gasteiger partial charge in [0, 0.05) is 32.9 Å². The van der Waals surface area contributed by atoms with E-state index in [1.165, 1.54) is 12.8 Å². The zero-order valence-corrected chi connectivity index (χ0v) is 15.2. The van der Waals surface area contributed by atoms with Crippen LogP contribution in [0.1, 0.15) is 42.6 Å². The average molecular weight is 334 g/mol. The molecule has 134 valence electrons. The number of piperidine rings is 1. The summed E-state index contributed by atoms with van der Waals surface area (Å²) in [7, 11) is 6.16. The Morgan fingerprint density at radius 2 is 2.17 bits per heavy atom. The quantitative estimate of drug-likeness (QED) is 0.842. The number of carbonyl (C=O) groups excluding carboxylic acids is 1. The normalized spacial score (nSPS) is 23.8. The standard InChI is InChI=1S/C18H30N4O2/c1-20(2)8-4-15-5-11-24-18(12-15)6-9-22(10-7-18)17(23)16-13-21(3)14-19-16/h13-15H,4-12H2,1-3H3. The van der Waals surface area contributed by atoms with Gasteiger partial charge in [0.05, 0.1) is 11.9 Å². The Labute approximate surface area is 144 Å². The topological polar surface area (TPSA) is 50.6 Å². The van der Waals surface area contributed by atoms with Crippen LogP contribution in [0.5, 0.6) is 0 Å². The molecule has 1 unspecified atom stereocenters. The molecule has 0 aromatic carbocycles. The van der Waals surface area contributed by atoms with Crippen LogP contribution < -0.4 is 0 Å². The van der Waals surface area contributed by atoms with E-state index >= 15 is 0 Å². The van der Waals surface area contributed by atoms with Crippen LogP contribution in [-0.4, -0.2) is 71.2 Å². The van der Waals surface area contributed by atoms with Gasteiger partial charge in [-0.1, -0.05) is 0 Å². The maximum atomic E-state index is 12.5. The van der Waals surface area contributed by atoms with E-state index in [2.05, 4.69) is 24.0 Å². The maximum absolute atomic E-state index is 12.5. The molecule has 24 heavy (non-hydrogen) atoms. The summed E-state index contributed by atoms with van der Waals surface area (Å²) in [5.41, 5.74) is 0.540. The summed E-state index contributed by atoms with van der Waals surface area (Å²) in [5.74, 6) is 0.796. The number of carbonyl (C=O) groups is 1. The van der Waals surface area contributed by atoms with Crippen molar-refractivity contribution in [2.45, 2.75) is 37.7 Å². The van der Waals surface area contributed by atoms with Gasteiger partial charge in [-0.25, -0.2) is 4.98 Å². The van der Waals surface area contributed by atoms with Gasteiger partial charge in [0.1, 0.15) is 5.69 Å². The van der Waals surface area contributed by atoms with E-state index in [1.807, 2.05) is 16.5 Å². The Balaban J connectivity index is 1.54. The molecule has 1 atom stereocenters. The largest absolute Gasteiger partial charge is 0.375 e. The van der Waals surface area contributed by atoms with E-state index in [9.17, 15) is 4.79 Å². The highest BCUT2D eigenvalue weighted by Crippen LogP contribution is 2.39. The maximum Gasteiger partial charge on any atom is 0.274 e. The highest BCUT2D eigenvalue weighted by Gasteiger charge is 2.41. The first-order chi connectivity index (χ1) is 11.5. The molecule has 2 aliphatic heterocycles. The van der Waals surface area contributed by atoms with Crippen LogP contribution in [0.25, 0.3) is 0 Å². The second-order valence-electron chi connectivity index (χ2n) is 7.70. The molecule has 0 aliphatic carbocycles. The lowest BCUT2D eigenvalue weighted by Gasteiger charge is -2.46. The third kappa shape index (κ3) is 3.98. The number of aryl methyl sites for hydroxylation is 1. The van der Waals surface area contributed by atoms with E-state index in [1.54, 1.807) is 12.5 Å². The molecule has 1 amide bonds. The number of amides is 1. The highest BCUT2D eigenvalue weighted by atomic mass is 16.5. The number of imidazole rings is 1. The van der Waals surface area contributed by atoms with Crippen molar-refractivity contribution in [1.29, 1.82) is 0 Å². The summed E-state index contributed by atoms with van der Waals surface area (Å²) in [6, 6.07) is 0. The van der Waals surface area contributed by atoms with Crippen molar-refractivity contribution in [2.75, 3.05) is 40.3 Å². The van der Waals surface area contributed by atoms with Crippen molar-refractivity contribution in [3.63, 3.8) is 0 Å². The Kier molecular flexibility index (Phi) is 5.25. The molecule has 2 aliphatic rings. The summed E-state index contributed by atoms with van der Waals surface area (Å²) < 4.78 is 8.03. The van der Waals surface area contributed by atoms with E-state index in [4.69, 9.17) is 4.74 Å². The lowest BCUT2D eigenvalue weighted by Crippen LogP contribution is -2.51. The smallest absolute Gasteiger partial charge is 0.274 e. The van der Waals surface area contributed by atoms with E-state index in [0.717, 1.165) is 51.4 Å². The van der Waals surface area contributed by atoms with Gasteiger partial charge >= 0.3 is 0 Å². The zero-order valence-electron chi connectivity index (χ0n) is 15.2. The molecule has 2 saturated heterocycles. The number of nitrogens with zero attached hydrogens (tertiary/aromatic N) is 4. The lowest BCUT2D eigenvalue weighted by molar-refractivity contribution is -0.124. The van der Waals surface area contributed by atoms with Gasteiger partial charge in [0.25, 0.3) is 5.91 Å². The predicted molar refractivity (Wildman–Crippen MR) is 92.9 cm³/mol. The van der Waals surface area contributed by atoms with Gasteiger partial charge in [0.15, 0.2) is 0 Å². The predicted octanol–water partition coefficient (Wildman–Crippen LogP) is 1.77. The van der Waals surface area contributed by atoms with E-state index in [-0.39, 0.29) is 11.5 Å². The van der Waals surface area contributed by atoms with Gasteiger partial charge in [0.2, 0.25) is 0 Å². The van der Waals surface area contributed by atoms with Crippen molar-refractivity contribution in [2.24, 2.45) is 13.0 Å². The van der Waals surface area contributed by atoms with Crippen LogP contribution in [0.15, 0.2) is 12.5 Å². The second kappa shape index (κ2) is 7.23. The molecular weight excluding hydrogens is 304 g/mol. The average Bonchev–Trinajstić information content (AvgIpc) is 3.00. The molecule has 1 spiro atoms. The molecule has 1 aromatic rings. The minimum absolute atomic E-state index is 0.00384. The monoisotopic (exact) mass is 334 g/mol. The van der Waals surface area contributed by atoms with Crippen molar-refractivity contribution >= 4 is 5.91 Å². The minimum atomic E-state index is -0.00384. The summed E-state index contributed by atoms with van der Waals surface area (Å²) in [6.45, 7) is 3.56. The van der Waals surface area contributed by atoms with Gasteiger partial charge < -0.3 is 19.1 Å². The van der Waals surface area contributed by atoms with Crippen molar-refractivity contribution in [1.82, 2.24) is 19.4 Å². The molecule has 0 radical (unpaired) electrons. The first kappa shape index (κ1) is 17.4. The minimum Gasteiger partial charge on any atom is -0.375 e. The van der Waals surface area contributed by atoms with Crippen LogP contribution in [0.3, 0.4) is 0 Å². The van der Waals surface area contributed by atoms with Gasteiger partial charge in [-0.15, -0.1) is 0 Å². The Morgan fingerprint density at radius 3 is 2.79 bits per heavy atom.